The van der Waals surface area contributed by atoms with Gasteiger partial charge in [0.1, 0.15) is 13.2 Å². The summed E-state index contributed by atoms with van der Waals surface area (Å²) in [6.45, 7) is 6.38. The third-order valence-electron chi connectivity index (χ3n) is 13.8. The van der Waals surface area contributed by atoms with Gasteiger partial charge in [-0.05, 0) is 128 Å². The first-order valence-corrected chi connectivity index (χ1v) is 33.5. The van der Waals surface area contributed by atoms with Gasteiger partial charge in [0, 0.05) is 19.3 Å². The molecule has 0 aliphatic heterocycles. The zero-order valence-corrected chi connectivity index (χ0v) is 52.9. The second-order valence-electron chi connectivity index (χ2n) is 21.6. The van der Waals surface area contributed by atoms with Gasteiger partial charge in [0.2, 0.25) is 0 Å². The van der Waals surface area contributed by atoms with Gasteiger partial charge >= 0.3 is 17.9 Å². The summed E-state index contributed by atoms with van der Waals surface area (Å²) in [5, 5.41) is 0. The van der Waals surface area contributed by atoms with Gasteiger partial charge < -0.3 is 14.2 Å². The summed E-state index contributed by atoms with van der Waals surface area (Å²) >= 11 is 0. The predicted octanol–water partition coefficient (Wildman–Crippen LogP) is 23.3. The van der Waals surface area contributed by atoms with Gasteiger partial charge in [-0.2, -0.15) is 0 Å². The zero-order valence-electron chi connectivity index (χ0n) is 52.9. The summed E-state index contributed by atoms with van der Waals surface area (Å²) in [7, 11) is 0. The average Bonchev–Trinajstić information content (AvgIpc) is 3.47. The highest BCUT2D eigenvalue weighted by Gasteiger charge is 2.19. The molecule has 0 fully saturated rings. The molecule has 1 atom stereocenters. The SMILES string of the molecule is CC/C=C\C/C=C\C/C=C\C/C=C\C/C=C\C/C=C\C/C=C\C/C=C\CCCCCCC(=O)OCC(COC(=O)CCCCCCCCCCCCCC)OC(=O)CCCCCCCCC/C=C\C/C=C\C/C=C\C/C=C\C/C=C\CC. The molecule has 0 aromatic heterocycles. The Morgan fingerprint density at radius 3 is 0.744 bits per heavy atom. The van der Waals surface area contributed by atoms with Crippen LogP contribution >= 0.6 is 0 Å². The Balaban J connectivity index is 4.41. The summed E-state index contributed by atoms with van der Waals surface area (Å²) in [4.78, 5) is 38.4. The maximum Gasteiger partial charge on any atom is 0.306 e. The second kappa shape index (κ2) is 68.5. The summed E-state index contributed by atoms with van der Waals surface area (Å²) < 4.78 is 16.9. The van der Waals surface area contributed by atoms with E-state index >= 15 is 0 Å². The van der Waals surface area contributed by atoms with E-state index in [-0.39, 0.29) is 31.1 Å². The lowest BCUT2D eigenvalue weighted by molar-refractivity contribution is -0.167. The number of allylic oxidation sites excluding steroid dienone is 26. The van der Waals surface area contributed by atoms with E-state index in [9.17, 15) is 14.4 Å². The number of unbranched alkanes of at least 4 members (excludes halogenated alkanes) is 22. The third-order valence-corrected chi connectivity index (χ3v) is 13.8. The molecule has 6 heteroatoms. The summed E-state index contributed by atoms with van der Waals surface area (Å²) in [6, 6.07) is 0. The van der Waals surface area contributed by atoms with Crippen LogP contribution in [0.15, 0.2) is 158 Å². The molecule has 0 aliphatic carbocycles. The van der Waals surface area contributed by atoms with Gasteiger partial charge in [0.15, 0.2) is 6.10 Å². The molecular formula is C76H122O6. The van der Waals surface area contributed by atoms with Gasteiger partial charge in [-0.1, -0.05) is 294 Å². The van der Waals surface area contributed by atoms with Crippen LogP contribution in [0.25, 0.3) is 0 Å². The molecule has 0 aromatic carbocycles. The van der Waals surface area contributed by atoms with E-state index in [1.54, 1.807) is 0 Å². The summed E-state index contributed by atoms with van der Waals surface area (Å²) in [5.41, 5.74) is 0. The summed E-state index contributed by atoms with van der Waals surface area (Å²) in [6.07, 6.45) is 99.6. The molecule has 0 heterocycles. The number of carbonyl (C=O) groups excluding carboxylic acids is 3. The molecule has 462 valence electrons. The highest BCUT2D eigenvalue weighted by atomic mass is 16.6. The fourth-order valence-corrected chi connectivity index (χ4v) is 8.84. The molecule has 0 radical (unpaired) electrons. The molecule has 0 rings (SSSR count). The van der Waals surface area contributed by atoms with Crippen LogP contribution in [-0.2, 0) is 28.6 Å². The fourth-order valence-electron chi connectivity index (χ4n) is 8.84. The first-order valence-electron chi connectivity index (χ1n) is 33.5. The number of hydrogen-bond acceptors (Lipinski definition) is 6. The lowest BCUT2D eigenvalue weighted by Gasteiger charge is -2.18. The molecule has 0 bridgehead atoms. The van der Waals surface area contributed by atoms with Crippen molar-refractivity contribution in [2.75, 3.05) is 13.2 Å². The van der Waals surface area contributed by atoms with E-state index in [1.807, 2.05) is 0 Å². The lowest BCUT2D eigenvalue weighted by Crippen LogP contribution is -2.30. The number of rotatable bonds is 59. The molecule has 0 amide bonds. The van der Waals surface area contributed by atoms with Gasteiger partial charge in [0.05, 0.1) is 0 Å². The number of ether oxygens (including phenoxy) is 3. The minimum atomic E-state index is -0.802. The van der Waals surface area contributed by atoms with Crippen LogP contribution < -0.4 is 0 Å². The van der Waals surface area contributed by atoms with E-state index in [4.69, 9.17) is 14.2 Å². The fraction of sp³-hybridized carbons (Fsp3) is 0.618. The van der Waals surface area contributed by atoms with E-state index < -0.39 is 6.10 Å². The quantitative estimate of drug-likeness (QED) is 0.0261. The molecular weight excluding hydrogens is 1010 g/mol. The van der Waals surface area contributed by atoms with Gasteiger partial charge in [-0.3, -0.25) is 14.4 Å². The lowest BCUT2D eigenvalue weighted by atomic mass is 10.0. The zero-order chi connectivity index (χ0) is 59.2. The van der Waals surface area contributed by atoms with E-state index in [0.717, 1.165) is 167 Å². The Bertz CT molecular complexity index is 1830. The van der Waals surface area contributed by atoms with Crippen LogP contribution in [0.1, 0.15) is 284 Å². The highest BCUT2D eigenvalue weighted by molar-refractivity contribution is 5.71. The topological polar surface area (TPSA) is 78.9 Å². The molecule has 6 nitrogen and oxygen atoms in total. The van der Waals surface area contributed by atoms with Crippen LogP contribution in [0.3, 0.4) is 0 Å². The second-order valence-corrected chi connectivity index (χ2v) is 21.6. The van der Waals surface area contributed by atoms with Gasteiger partial charge in [-0.15, -0.1) is 0 Å². The molecule has 0 aromatic rings. The number of hydrogen-bond donors (Lipinski definition) is 0. The van der Waals surface area contributed by atoms with Crippen LogP contribution in [0.2, 0.25) is 0 Å². The average molecular weight is 1130 g/mol. The van der Waals surface area contributed by atoms with Crippen molar-refractivity contribution in [2.24, 2.45) is 0 Å². The first kappa shape index (κ1) is 77.0. The molecule has 0 saturated carbocycles. The molecule has 0 aliphatic rings. The van der Waals surface area contributed by atoms with Crippen molar-refractivity contribution >= 4 is 17.9 Å². The highest BCUT2D eigenvalue weighted by Crippen LogP contribution is 2.15. The smallest absolute Gasteiger partial charge is 0.306 e. The maximum atomic E-state index is 12.9. The Hall–Kier alpha value is -4.97. The van der Waals surface area contributed by atoms with Crippen molar-refractivity contribution in [1.82, 2.24) is 0 Å². The van der Waals surface area contributed by atoms with E-state index in [2.05, 4.69) is 179 Å². The van der Waals surface area contributed by atoms with Crippen molar-refractivity contribution in [3.8, 4) is 0 Å². The van der Waals surface area contributed by atoms with Crippen LogP contribution in [0, 0.1) is 0 Å². The summed E-state index contributed by atoms with van der Waals surface area (Å²) in [5.74, 6) is -0.931. The van der Waals surface area contributed by atoms with Crippen LogP contribution in [0.4, 0.5) is 0 Å². The number of esters is 3. The van der Waals surface area contributed by atoms with Crippen molar-refractivity contribution in [2.45, 2.75) is 290 Å². The standard InChI is InChI=1S/C76H122O6/c1-4-7-10-13-16-19-22-25-27-29-31-33-35-36-37-38-39-40-42-43-45-47-49-51-54-57-60-63-66-69-75(78)81-72-73(71-80-74(77)68-65-62-59-56-53-24-21-18-15-12-9-6-3)82-76(79)70-67-64-61-58-55-52-50-48-46-44-41-34-32-30-28-26-23-20-17-14-11-8-5-2/h7-8,10-11,16-17,19-20,25-28,31-34,36-37,39-40,43-46,49,51,73H,4-6,9,12-15,18,21-24,29-30,35,38,41-42,47-48,50,52-72H2,1-3H3/b10-7-,11-8-,19-16-,20-17-,27-25-,28-26-,33-31-,34-32-,37-36-,40-39-,45-43-,46-44-,51-49-. The maximum absolute atomic E-state index is 12.9. The van der Waals surface area contributed by atoms with Crippen LogP contribution in [0.5, 0.6) is 0 Å². The molecule has 1 unspecified atom stereocenters. The Kier molecular flexibility index (Phi) is 64.4. The van der Waals surface area contributed by atoms with E-state index in [1.165, 1.54) is 77.0 Å². The van der Waals surface area contributed by atoms with Gasteiger partial charge in [-0.25, -0.2) is 0 Å². The largest absolute Gasteiger partial charge is 0.462 e. The van der Waals surface area contributed by atoms with Gasteiger partial charge in [0.25, 0.3) is 0 Å². The Morgan fingerprint density at radius 1 is 0.256 bits per heavy atom. The predicted molar refractivity (Wildman–Crippen MR) is 357 cm³/mol. The first-order chi connectivity index (χ1) is 40.5. The monoisotopic (exact) mass is 1130 g/mol. The van der Waals surface area contributed by atoms with Crippen molar-refractivity contribution in [1.29, 1.82) is 0 Å². The normalized spacial score (nSPS) is 13.2. The molecule has 82 heavy (non-hydrogen) atoms. The molecule has 0 spiro atoms. The Labute approximate surface area is 505 Å². The molecule has 0 saturated heterocycles. The number of carbonyl (C=O) groups is 3. The third kappa shape index (κ3) is 65.8. The Morgan fingerprint density at radius 2 is 0.476 bits per heavy atom. The van der Waals surface area contributed by atoms with Crippen molar-refractivity contribution in [3.63, 3.8) is 0 Å². The van der Waals surface area contributed by atoms with Crippen LogP contribution in [-0.4, -0.2) is 37.2 Å². The van der Waals surface area contributed by atoms with E-state index in [0.29, 0.717) is 19.3 Å². The van der Waals surface area contributed by atoms with Crippen molar-refractivity contribution < 1.29 is 28.6 Å². The minimum Gasteiger partial charge on any atom is -0.462 e. The molecule has 0 N–H and O–H groups in total. The minimum absolute atomic E-state index is 0.0947. The van der Waals surface area contributed by atoms with Crippen molar-refractivity contribution in [3.05, 3.63) is 158 Å².